The second kappa shape index (κ2) is 9.03. The fourth-order valence-electron chi connectivity index (χ4n) is 2.83. The van der Waals surface area contributed by atoms with E-state index >= 15 is 0 Å². The normalized spacial score (nSPS) is 17.2. The molecular weight excluding hydrogens is 420 g/mol. The molecule has 0 N–H and O–H groups in total. The van der Waals surface area contributed by atoms with E-state index < -0.39 is 38.8 Å². The molecule has 0 spiro atoms. The summed E-state index contributed by atoms with van der Waals surface area (Å²) < 4.78 is 45.3. The van der Waals surface area contributed by atoms with Crippen LogP contribution < -0.4 is 4.31 Å². The minimum atomic E-state index is -4.41. The van der Waals surface area contributed by atoms with Crippen LogP contribution in [0.15, 0.2) is 29.8 Å². The summed E-state index contributed by atoms with van der Waals surface area (Å²) in [6, 6.07) is 2.95. The summed E-state index contributed by atoms with van der Waals surface area (Å²) >= 11 is 11.6. The monoisotopic (exact) mass is 437 g/mol. The molecule has 10 heteroatoms. The van der Waals surface area contributed by atoms with Crippen molar-refractivity contribution in [3.05, 3.63) is 40.7 Å². The van der Waals surface area contributed by atoms with Crippen molar-refractivity contribution in [2.24, 2.45) is 0 Å². The third-order valence-electron chi connectivity index (χ3n) is 3.98. The van der Waals surface area contributed by atoms with Crippen LogP contribution in [0.4, 0.5) is 10.1 Å². The van der Waals surface area contributed by atoms with Crippen LogP contribution in [-0.2, 0) is 24.3 Å². The molecule has 0 bridgehead atoms. The minimum Gasteiger partial charge on any atom is -0.463 e. The van der Waals surface area contributed by atoms with Gasteiger partial charge in [-0.25, -0.2) is 21.9 Å². The van der Waals surface area contributed by atoms with Gasteiger partial charge in [0.2, 0.25) is 10.0 Å². The third kappa shape index (κ3) is 4.62. The number of carbonyl (C=O) groups is 2. The van der Waals surface area contributed by atoms with E-state index in [9.17, 15) is 22.4 Å². The van der Waals surface area contributed by atoms with Crippen molar-refractivity contribution in [3.63, 3.8) is 0 Å². The van der Waals surface area contributed by atoms with Gasteiger partial charge in [0, 0.05) is 0 Å². The number of allylic oxidation sites excluding steroid dienone is 1. The molecule has 0 heterocycles. The summed E-state index contributed by atoms with van der Waals surface area (Å²) in [6.07, 6.45) is 2.64. The van der Waals surface area contributed by atoms with Gasteiger partial charge in [0.05, 0.1) is 22.9 Å². The first-order chi connectivity index (χ1) is 12.7. The van der Waals surface area contributed by atoms with Crippen LogP contribution in [0.5, 0.6) is 0 Å². The number of benzene rings is 1. The van der Waals surface area contributed by atoms with Crippen LogP contribution in [0.2, 0.25) is 5.02 Å². The molecular formula is C17H18Cl2FNO5S. The topological polar surface area (TPSA) is 80.8 Å². The lowest BCUT2D eigenvalue weighted by atomic mass is 9.99. The van der Waals surface area contributed by atoms with E-state index in [1.807, 2.05) is 0 Å². The smallest absolute Gasteiger partial charge is 0.335 e. The van der Waals surface area contributed by atoms with Crippen LogP contribution in [0.3, 0.4) is 0 Å². The lowest BCUT2D eigenvalue weighted by Crippen LogP contribution is -2.46. The molecule has 0 radical (unpaired) electrons. The third-order valence-corrected chi connectivity index (χ3v) is 6.63. The summed E-state index contributed by atoms with van der Waals surface area (Å²) in [5, 5.41) is -1.56. The Labute approximate surface area is 166 Å². The SMILES string of the molecule is CCOC(=O)C1=CCCCC1S(=O)(=O)N(C(=O)CCl)c1ccc(F)cc1Cl. The predicted octanol–water partition coefficient (Wildman–Crippen LogP) is 3.42. The molecule has 6 nitrogen and oxygen atoms in total. The van der Waals surface area contributed by atoms with E-state index in [1.165, 1.54) is 6.08 Å². The standard InChI is InChI=1S/C17H18Cl2FNO5S/c1-2-26-17(23)12-5-3-4-6-15(12)27(24,25)21(16(22)10-18)14-8-7-11(20)9-13(14)19/h5,7-9,15H,2-4,6,10H2,1H3. The van der Waals surface area contributed by atoms with Gasteiger partial charge >= 0.3 is 5.97 Å². The Kier molecular flexibility index (Phi) is 7.25. The van der Waals surface area contributed by atoms with Crippen molar-refractivity contribution >= 4 is 50.8 Å². The van der Waals surface area contributed by atoms with Crippen LogP contribution in [-0.4, -0.2) is 38.0 Å². The maximum absolute atomic E-state index is 13.4. The lowest BCUT2D eigenvalue weighted by Gasteiger charge is -2.30. The van der Waals surface area contributed by atoms with Gasteiger partial charge in [-0.1, -0.05) is 17.7 Å². The highest BCUT2D eigenvalue weighted by Crippen LogP contribution is 2.34. The van der Waals surface area contributed by atoms with Crippen molar-refractivity contribution in [1.82, 2.24) is 0 Å². The number of hydrogen-bond donors (Lipinski definition) is 0. The Balaban J connectivity index is 2.56. The van der Waals surface area contributed by atoms with Crippen molar-refractivity contribution in [1.29, 1.82) is 0 Å². The zero-order valence-corrected chi connectivity index (χ0v) is 16.8. The Hall–Kier alpha value is -1.64. The summed E-state index contributed by atoms with van der Waals surface area (Å²) in [6.45, 7) is 1.68. The second-order valence-electron chi connectivity index (χ2n) is 5.73. The number of anilines is 1. The first-order valence-corrected chi connectivity index (χ1v) is 10.6. The molecule has 2 rings (SSSR count). The summed E-state index contributed by atoms with van der Waals surface area (Å²) in [7, 11) is -4.41. The number of halogens is 3. The van der Waals surface area contributed by atoms with Gasteiger partial charge in [0.1, 0.15) is 16.9 Å². The summed E-state index contributed by atoms with van der Waals surface area (Å²) in [4.78, 5) is 24.6. The Morgan fingerprint density at radius 1 is 1.37 bits per heavy atom. The van der Waals surface area contributed by atoms with Gasteiger partial charge < -0.3 is 4.74 Å². The van der Waals surface area contributed by atoms with E-state index in [-0.39, 0.29) is 29.3 Å². The zero-order chi connectivity index (χ0) is 20.2. The van der Waals surface area contributed by atoms with Gasteiger partial charge in [0.15, 0.2) is 0 Å². The van der Waals surface area contributed by atoms with Crippen LogP contribution in [0.25, 0.3) is 0 Å². The highest BCUT2D eigenvalue weighted by atomic mass is 35.5. The first kappa shape index (κ1) is 21.7. The fourth-order valence-corrected chi connectivity index (χ4v) is 5.33. The molecule has 1 aromatic carbocycles. The zero-order valence-electron chi connectivity index (χ0n) is 14.5. The number of hydrogen-bond acceptors (Lipinski definition) is 5. The van der Waals surface area contributed by atoms with E-state index in [1.54, 1.807) is 6.92 Å². The number of rotatable bonds is 6. The average molecular weight is 438 g/mol. The molecule has 0 saturated carbocycles. The van der Waals surface area contributed by atoms with Gasteiger partial charge in [-0.3, -0.25) is 4.79 Å². The fraction of sp³-hybridized carbons (Fsp3) is 0.412. The molecule has 27 heavy (non-hydrogen) atoms. The molecule has 1 amide bonds. The Bertz CT molecular complexity index is 872. The Morgan fingerprint density at radius 2 is 2.07 bits per heavy atom. The van der Waals surface area contributed by atoms with Crippen molar-refractivity contribution in [3.8, 4) is 0 Å². The molecule has 1 atom stereocenters. The maximum Gasteiger partial charge on any atom is 0.335 e. The largest absolute Gasteiger partial charge is 0.463 e. The summed E-state index contributed by atoms with van der Waals surface area (Å²) in [5.41, 5.74) is -0.258. The molecule has 0 aromatic heterocycles. The van der Waals surface area contributed by atoms with Crippen LogP contribution in [0, 0.1) is 5.82 Å². The van der Waals surface area contributed by atoms with E-state index in [2.05, 4.69) is 0 Å². The van der Waals surface area contributed by atoms with Crippen LogP contribution >= 0.6 is 23.2 Å². The number of amides is 1. The van der Waals surface area contributed by atoms with Crippen molar-refractivity contribution in [2.45, 2.75) is 31.4 Å². The number of ether oxygens (including phenoxy) is 1. The van der Waals surface area contributed by atoms with E-state index in [0.29, 0.717) is 17.1 Å². The molecule has 0 aliphatic heterocycles. The van der Waals surface area contributed by atoms with Crippen molar-refractivity contribution < 1.29 is 27.1 Å². The average Bonchev–Trinajstić information content (AvgIpc) is 2.63. The molecule has 0 fully saturated rings. The first-order valence-electron chi connectivity index (χ1n) is 8.19. The van der Waals surface area contributed by atoms with Gasteiger partial charge in [-0.15, -0.1) is 11.6 Å². The predicted molar refractivity (Wildman–Crippen MR) is 101 cm³/mol. The maximum atomic E-state index is 13.4. The van der Waals surface area contributed by atoms with E-state index in [4.69, 9.17) is 27.9 Å². The van der Waals surface area contributed by atoms with E-state index in [0.717, 1.165) is 18.2 Å². The lowest BCUT2D eigenvalue weighted by molar-refractivity contribution is -0.138. The molecule has 148 valence electrons. The van der Waals surface area contributed by atoms with Crippen molar-refractivity contribution in [2.75, 3.05) is 16.8 Å². The van der Waals surface area contributed by atoms with Crippen LogP contribution in [0.1, 0.15) is 26.2 Å². The highest BCUT2D eigenvalue weighted by molar-refractivity contribution is 7.94. The molecule has 1 aliphatic carbocycles. The number of sulfonamides is 1. The highest BCUT2D eigenvalue weighted by Gasteiger charge is 2.42. The molecule has 1 aromatic rings. The number of nitrogens with zero attached hydrogens (tertiary/aromatic N) is 1. The Morgan fingerprint density at radius 3 is 2.67 bits per heavy atom. The van der Waals surface area contributed by atoms with Gasteiger partial charge in [-0.2, -0.15) is 0 Å². The number of esters is 1. The summed E-state index contributed by atoms with van der Waals surface area (Å²) in [5.74, 6) is -3.05. The molecule has 1 unspecified atom stereocenters. The molecule has 1 aliphatic rings. The van der Waals surface area contributed by atoms with Gasteiger partial charge in [-0.05, 0) is 44.4 Å². The number of carbonyl (C=O) groups excluding carboxylic acids is 2. The quantitative estimate of drug-likeness (QED) is 0.502. The number of alkyl halides is 1. The van der Waals surface area contributed by atoms with Gasteiger partial charge in [0.25, 0.3) is 5.91 Å². The molecule has 0 saturated heterocycles. The second-order valence-corrected chi connectivity index (χ2v) is 8.37. The minimum absolute atomic E-state index is 0.0336.